The number of Topliss-reactive ketones (excluding diaryl/α,β-unsaturated/α-hetero) is 1. The number of halogens is 1. The summed E-state index contributed by atoms with van der Waals surface area (Å²) in [7, 11) is 0. The number of ketones is 1. The van der Waals surface area contributed by atoms with Gasteiger partial charge in [0.15, 0.2) is 5.78 Å². The minimum atomic E-state index is -0.436. The zero-order chi connectivity index (χ0) is 8.28. The Morgan fingerprint density at radius 1 is 1.50 bits per heavy atom. The first-order valence-corrected chi connectivity index (χ1v) is 4.31. The lowest BCUT2D eigenvalue weighted by atomic mass is 9.74. The second-order valence-corrected chi connectivity index (χ2v) is 4.65. The van der Waals surface area contributed by atoms with Crippen molar-refractivity contribution in [1.29, 1.82) is 0 Å². The van der Waals surface area contributed by atoms with Crippen molar-refractivity contribution >= 4 is 18.2 Å². The summed E-state index contributed by atoms with van der Waals surface area (Å²) in [4.78, 5) is 11.7. The third kappa shape index (κ3) is 0.944. The van der Waals surface area contributed by atoms with Crippen LogP contribution < -0.4 is 5.73 Å². The largest absolute Gasteiger partial charge is 0.319 e. The van der Waals surface area contributed by atoms with Gasteiger partial charge in [0.25, 0.3) is 0 Å². The monoisotopic (exact) mass is 189 g/mol. The zero-order valence-electron chi connectivity index (χ0n) is 7.59. The molecule has 2 rings (SSSR count). The Kier molecular flexibility index (Phi) is 2.05. The van der Waals surface area contributed by atoms with Gasteiger partial charge in [0.2, 0.25) is 0 Å². The molecule has 2 unspecified atom stereocenters. The van der Waals surface area contributed by atoms with E-state index in [1.165, 1.54) is 0 Å². The van der Waals surface area contributed by atoms with Crippen molar-refractivity contribution < 1.29 is 4.79 Å². The van der Waals surface area contributed by atoms with Crippen molar-refractivity contribution in [3.8, 4) is 0 Å². The van der Waals surface area contributed by atoms with E-state index in [0.29, 0.717) is 11.7 Å². The number of nitrogens with two attached hydrogens (primary N) is 1. The van der Waals surface area contributed by atoms with E-state index in [-0.39, 0.29) is 17.8 Å². The number of fused-ring (bicyclic) bond motifs is 2. The minimum absolute atomic E-state index is 0. The van der Waals surface area contributed by atoms with Crippen LogP contribution in [0.15, 0.2) is 0 Å². The maximum Gasteiger partial charge on any atom is 0.158 e. The van der Waals surface area contributed by atoms with Crippen molar-refractivity contribution in [3.05, 3.63) is 0 Å². The molecule has 0 aromatic carbocycles. The average Bonchev–Trinajstić information content (AvgIpc) is 2.36. The maximum atomic E-state index is 11.7. The lowest BCUT2D eigenvalue weighted by Crippen LogP contribution is -2.48. The Morgan fingerprint density at radius 3 is 2.33 bits per heavy atom. The van der Waals surface area contributed by atoms with Gasteiger partial charge in [-0.15, -0.1) is 12.4 Å². The van der Waals surface area contributed by atoms with Crippen LogP contribution in [0.3, 0.4) is 0 Å². The van der Waals surface area contributed by atoms with Gasteiger partial charge in [0, 0.05) is 5.41 Å². The summed E-state index contributed by atoms with van der Waals surface area (Å²) in [5, 5.41) is 0. The first-order chi connectivity index (χ1) is 4.97. The smallest absolute Gasteiger partial charge is 0.158 e. The molecule has 2 bridgehead atoms. The highest BCUT2D eigenvalue weighted by Crippen LogP contribution is 2.53. The van der Waals surface area contributed by atoms with E-state index in [1.807, 2.05) is 13.8 Å². The molecular weight excluding hydrogens is 174 g/mol. The fourth-order valence-corrected chi connectivity index (χ4v) is 2.72. The predicted octanol–water partition coefficient (Wildman–Crippen LogP) is 1.51. The van der Waals surface area contributed by atoms with E-state index in [2.05, 4.69) is 0 Å². The maximum absolute atomic E-state index is 11.7. The van der Waals surface area contributed by atoms with Crippen molar-refractivity contribution in [1.82, 2.24) is 0 Å². The van der Waals surface area contributed by atoms with E-state index in [0.717, 1.165) is 19.3 Å². The summed E-state index contributed by atoms with van der Waals surface area (Å²) in [5.74, 6) is 0.848. The van der Waals surface area contributed by atoms with Gasteiger partial charge < -0.3 is 5.73 Å². The van der Waals surface area contributed by atoms with Crippen LogP contribution >= 0.6 is 12.4 Å². The SMILES string of the molecule is CC1(C)C(=O)C2(N)CCC1C2.Cl. The Bertz CT molecular complexity index is 220. The highest BCUT2D eigenvalue weighted by atomic mass is 35.5. The molecule has 0 saturated heterocycles. The second kappa shape index (κ2) is 2.46. The topological polar surface area (TPSA) is 43.1 Å². The zero-order valence-corrected chi connectivity index (χ0v) is 8.41. The lowest BCUT2D eigenvalue weighted by molar-refractivity contribution is -0.131. The van der Waals surface area contributed by atoms with E-state index in [4.69, 9.17) is 5.73 Å². The Morgan fingerprint density at radius 2 is 2.08 bits per heavy atom. The van der Waals surface area contributed by atoms with Crippen LogP contribution in [-0.4, -0.2) is 11.3 Å². The molecule has 2 saturated carbocycles. The molecule has 70 valence electrons. The van der Waals surface area contributed by atoms with Gasteiger partial charge in [-0.1, -0.05) is 13.8 Å². The van der Waals surface area contributed by atoms with Gasteiger partial charge in [0.1, 0.15) is 0 Å². The molecule has 2 fully saturated rings. The summed E-state index contributed by atoms with van der Waals surface area (Å²) in [6, 6.07) is 0. The number of hydrogen-bond acceptors (Lipinski definition) is 2. The van der Waals surface area contributed by atoms with E-state index in [9.17, 15) is 4.79 Å². The summed E-state index contributed by atoms with van der Waals surface area (Å²) in [6.07, 6.45) is 2.99. The van der Waals surface area contributed by atoms with Crippen LogP contribution in [-0.2, 0) is 4.79 Å². The van der Waals surface area contributed by atoms with Gasteiger partial charge in [-0.05, 0) is 25.2 Å². The molecule has 12 heavy (non-hydrogen) atoms. The molecular formula is C9H16ClNO. The Balaban J connectivity index is 0.000000720. The van der Waals surface area contributed by atoms with Gasteiger partial charge in [0.05, 0.1) is 5.54 Å². The summed E-state index contributed by atoms with van der Waals surface area (Å²) in [6.45, 7) is 4.07. The Hall–Kier alpha value is -0.0800. The molecule has 2 aliphatic carbocycles. The molecule has 3 heteroatoms. The van der Waals surface area contributed by atoms with Gasteiger partial charge in [-0.3, -0.25) is 4.79 Å². The van der Waals surface area contributed by atoms with Gasteiger partial charge in [-0.2, -0.15) is 0 Å². The van der Waals surface area contributed by atoms with Crippen molar-refractivity contribution in [2.45, 2.75) is 38.6 Å². The highest BCUT2D eigenvalue weighted by molar-refractivity contribution is 5.96. The molecule has 0 heterocycles. The van der Waals surface area contributed by atoms with E-state index in [1.54, 1.807) is 0 Å². The van der Waals surface area contributed by atoms with Crippen molar-refractivity contribution in [3.63, 3.8) is 0 Å². The highest BCUT2D eigenvalue weighted by Gasteiger charge is 2.59. The molecule has 0 radical (unpaired) electrons. The molecule has 0 aromatic rings. The van der Waals surface area contributed by atoms with Crippen LogP contribution in [0.25, 0.3) is 0 Å². The summed E-state index contributed by atoms with van der Waals surface area (Å²) in [5.41, 5.74) is 5.40. The molecule has 0 amide bonds. The number of rotatable bonds is 0. The standard InChI is InChI=1S/C9H15NO.ClH/c1-8(2)6-3-4-9(10,5-6)7(8)11;/h6H,3-5,10H2,1-2H3;1H. The van der Waals surface area contributed by atoms with Crippen LogP contribution in [0.1, 0.15) is 33.1 Å². The molecule has 2 atom stereocenters. The van der Waals surface area contributed by atoms with Crippen LogP contribution in [0.4, 0.5) is 0 Å². The van der Waals surface area contributed by atoms with E-state index < -0.39 is 5.54 Å². The van der Waals surface area contributed by atoms with Crippen LogP contribution in [0.2, 0.25) is 0 Å². The third-order valence-electron chi connectivity index (χ3n) is 3.61. The third-order valence-corrected chi connectivity index (χ3v) is 3.61. The number of carbonyl (C=O) groups excluding carboxylic acids is 1. The van der Waals surface area contributed by atoms with Crippen LogP contribution in [0, 0.1) is 11.3 Å². The van der Waals surface area contributed by atoms with Gasteiger partial charge >= 0.3 is 0 Å². The fraction of sp³-hybridized carbons (Fsp3) is 0.889. The molecule has 2 aliphatic rings. The summed E-state index contributed by atoms with van der Waals surface area (Å²) < 4.78 is 0. The molecule has 0 aliphatic heterocycles. The molecule has 2 nitrogen and oxygen atoms in total. The van der Waals surface area contributed by atoms with Crippen molar-refractivity contribution in [2.75, 3.05) is 0 Å². The first-order valence-electron chi connectivity index (χ1n) is 4.31. The summed E-state index contributed by atoms with van der Waals surface area (Å²) >= 11 is 0. The van der Waals surface area contributed by atoms with Gasteiger partial charge in [-0.25, -0.2) is 0 Å². The van der Waals surface area contributed by atoms with E-state index >= 15 is 0 Å². The molecule has 0 spiro atoms. The number of hydrogen-bond donors (Lipinski definition) is 1. The molecule has 2 N–H and O–H groups in total. The predicted molar refractivity (Wildman–Crippen MR) is 50.3 cm³/mol. The average molecular weight is 190 g/mol. The normalized spacial score (nSPS) is 42.9. The number of carbonyl (C=O) groups is 1. The first kappa shape index (κ1) is 10.0. The quantitative estimate of drug-likeness (QED) is 0.628. The van der Waals surface area contributed by atoms with Crippen molar-refractivity contribution in [2.24, 2.45) is 17.1 Å². The van der Waals surface area contributed by atoms with Crippen LogP contribution in [0.5, 0.6) is 0 Å². The molecule has 0 aromatic heterocycles. The minimum Gasteiger partial charge on any atom is -0.319 e. The second-order valence-electron chi connectivity index (χ2n) is 4.65. The lowest BCUT2D eigenvalue weighted by Gasteiger charge is -2.30. The fourth-order valence-electron chi connectivity index (χ4n) is 2.72. The Labute approximate surface area is 79.3 Å².